The lowest BCUT2D eigenvalue weighted by molar-refractivity contribution is -0.129. The highest BCUT2D eigenvalue weighted by Crippen LogP contribution is 2.32. The van der Waals surface area contributed by atoms with E-state index < -0.39 is 0 Å². The second-order valence-electron chi connectivity index (χ2n) is 5.39. The highest BCUT2D eigenvalue weighted by Gasteiger charge is 2.28. The third kappa shape index (κ3) is 3.17. The summed E-state index contributed by atoms with van der Waals surface area (Å²) >= 11 is 1.41. The predicted octanol–water partition coefficient (Wildman–Crippen LogP) is 2.48. The maximum Gasteiger partial charge on any atom is 0.250 e. The average molecular weight is 327 g/mol. The second-order valence-corrected chi connectivity index (χ2v) is 6.27. The van der Waals surface area contributed by atoms with Gasteiger partial charge in [-0.25, -0.2) is 0 Å². The Morgan fingerprint density at radius 3 is 2.78 bits per heavy atom. The van der Waals surface area contributed by atoms with Crippen LogP contribution in [0.1, 0.15) is 30.5 Å². The average Bonchev–Trinajstić information content (AvgIpc) is 2.92. The molecule has 0 saturated carbocycles. The van der Waals surface area contributed by atoms with E-state index in [0.29, 0.717) is 4.80 Å². The topological polar surface area (TPSA) is 54.7 Å². The molecule has 23 heavy (non-hydrogen) atoms. The van der Waals surface area contributed by atoms with Crippen LogP contribution in [0.25, 0.3) is 6.08 Å². The largest absolute Gasteiger partial charge is 0.327 e. The van der Waals surface area contributed by atoms with Crippen LogP contribution >= 0.6 is 11.3 Å². The van der Waals surface area contributed by atoms with Crippen molar-refractivity contribution in [3.63, 3.8) is 0 Å². The van der Waals surface area contributed by atoms with Crippen LogP contribution in [-0.4, -0.2) is 21.3 Å². The number of hydrogen-bond acceptors (Lipinski definition) is 3. The van der Waals surface area contributed by atoms with Gasteiger partial charge in [0.15, 0.2) is 4.80 Å². The van der Waals surface area contributed by atoms with Crippen molar-refractivity contribution >= 4 is 29.2 Å². The van der Waals surface area contributed by atoms with E-state index in [0.717, 1.165) is 11.1 Å². The van der Waals surface area contributed by atoms with Gasteiger partial charge in [0.1, 0.15) is 0 Å². The maximum absolute atomic E-state index is 12.4. The highest BCUT2D eigenvalue weighted by molar-refractivity contribution is 7.07. The highest BCUT2D eigenvalue weighted by atomic mass is 32.1. The molecule has 6 heteroatoms. The summed E-state index contributed by atoms with van der Waals surface area (Å²) in [6.07, 6.45) is 5.66. The first-order valence-electron chi connectivity index (χ1n) is 7.30. The number of aryl methyl sites for hydroxylation is 1. The molecule has 0 radical (unpaired) electrons. The number of rotatable bonds is 2. The van der Waals surface area contributed by atoms with Crippen molar-refractivity contribution in [2.75, 3.05) is 0 Å². The summed E-state index contributed by atoms with van der Waals surface area (Å²) in [6, 6.07) is 7.50. The van der Waals surface area contributed by atoms with E-state index in [1.54, 1.807) is 15.7 Å². The molecule has 1 aromatic heterocycles. The summed E-state index contributed by atoms with van der Waals surface area (Å²) in [5.74, 6) is -0.320. The Labute approximate surface area is 138 Å². The van der Waals surface area contributed by atoms with Crippen molar-refractivity contribution in [2.24, 2.45) is 12.0 Å². The molecule has 1 unspecified atom stereocenters. The second kappa shape index (κ2) is 6.34. The minimum Gasteiger partial charge on any atom is -0.327 e. The molecule has 1 aliphatic rings. The van der Waals surface area contributed by atoms with Gasteiger partial charge in [0.2, 0.25) is 5.91 Å². The van der Waals surface area contributed by atoms with Crippen LogP contribution in [0.4, 0.5) is 0 Å². The summed E-state index contributed by atoms with van der Waals surface area (Å²) in [5.41, 5.74) is 2.01. The molecule has 2 heterocycles. The molecular weight excluding hydrogens is 310 g/mol. The third-order valence-electron chi connectivity index (χ3n) is 3.82. The van der Waals surface area contributed by atoms with Crippen molar-refractivity contribution in [2.45, 2.75) is 19.4 Å². The van der Waals surface area contributed by atoms with Gasteiger partial charge in [0.05, 0.1) is 12.5 Å². The number of nitrogens with zero attached hydrogens (tertiary/aromatic N) is 3. The van der Waals surface area contributed by atoms with Gasteiger partial charge >= 0.3 is 0 Å². The molecule has 3 rings (SSSR count). The summed E-state index contributed by atoms with van der Waals surface area (Å²) in [4.78, 5) is 30.7. The number of amides is 2. The quantitative estimate of drug-likeness (QED) is 0.851. The molecule has 1 aromatic carbocycles. The molecule has 2 amide bonds. The minimum atomic E-state index is -0.310. The Kier molecular flexibility index (Phi) is 4.25. The molecule has 2 aromatic rings. The Balaban J connectivity index is 1.93. The summed E-state index contributed by atoms with van der Waals surface area (Å²) in [5, 5.41) is 1.88. The lowest BCUT2D eigenvalue weighted by Gasteiger charge is -2.31. The fourth-order valence-electron chi connectivity index (χ4n) is 2.67. The molecule has 0 aliphatic carbocycles. The molecule has 5 nitrogen and oxygen atoms in total. The first-order valence-corrected chi connectivity index (χ1v) is 8.18. The van der Waals surface area contributed by atoms with Crippen LogP contribution in [0.2, 0.25) is 0 Å². The minimum absolute atomic E-state index is 0.0877. The molecule has 0 saturated heterocycles. The number of benzene rings is 1. The Hall–Kier alpha value is -2.47. The van der Waals surface area contributed by atoms with Gasteiger partial charge in [-0.15, -0.1) is 11.3 Å². The fraction of sp³-hybridized carbons (Fsp3) is 0.235. The Bertz CT molecular complexity index is 847. The number of carbonyl (C=O) groups is 2. The van der Waals surface area contributed by atoms with Crippen molar-refractivity contribution in [3.05, 3.63) is 58.0 Å². The van der Waals surface area contributed by atoms with Crippen LogP contribution in [0.5, 0.6) is 0 Å². The van der Waals surface area contributed by atoms with E-state index in [2.05, 4.69) is 4.99 Å². The SMILES string of the molecule is CC(=O)N1C=Cc2ccccc2C1CC(=O)N=c1sccn1C. The smallest absolute Gasteiger partial charge is 0.250 e. The standard InChI is InChI=1S/C17H17N3O2S/c1-12(21)20-8-7-13-5-3-4-6-14(13)15(20)11-16(22)18-17-19(2)9-10-23-17/h3-10,15H,11H2,1-2H3. The number of carbonyl (C=O) groups excluding carboxylic acids is 2. The normalized spacial score (nSPS) is 17.2. The first-order chi connectivity index (χ1) is 11.1. The zero-order valence-corrected chi connectivity index (χ0v) is 13.8. The number of fused-ring (bicyclic) bond motifs is 1. The lowest BCUT2D eigenvalue weighted by Crippen LogP contribution is -2.32. The zero-order chi connectivity index (χ0) is 16.4. The number of aromatic nitrogens is 1. The van der Waals surface area contributed by atoms with Gasteiger partial charge in [0.25, 0.3) is 5.91 Å². The summed E-state index contributed by atoms with van der Waals surface area (Å²) in [7, 11) is 1.85. The van der Waals surface area contributed by atoms with Crippen molar-refractivity contribution in [1.29, 1.82) is 0 Å². The Morgan fingerprint density at radius 2 is 2.09 bits per heavy atom. The monoisotopic (exact) mass is 327 g/mol. The van der Waals surface area contributed by atoms with Crippen LogP contribution in [0, 0.1) is 0 Å². The first kappa shape index (κ1) is 15.4. The van der Waals surface area contributed by atoms with Crippen LogP contribution in [-0.2, 0) is 16.6 Å². The summed E-state index contributed by atoms with van der Waals surface area (Å²) in [6.45, 7) is 1.51. The van der Waals surface area contributed by atoms with Gasteiger partial charge in [-0.1, -0.05) is 24.3 Å². The van der Waals surface area contributed by atoms with E-state index in [1.165, 1.54) is 18.3 Å². The van der Waals surface area contributed by atoms with Crippen LogP contribution in [0.15, 0.2) is 47.0 Å². The van der Waals surface area contributed by atoms with Crippen molar-refractivity contribution < 1.29 is 9.59 Å². The molecular formula is C17H17N3O2S. The van der Waals surface area contributed by atoms with E-state index in [4.69, 9.17) is 0 Å². The third-order valence-corrected chi connectivity index (χ3v) is 4.66. The Morgan fingerprint density at radius 1 is 1.30 bits per heavy atom. The van der Waals surface area contributed by atoms with Crippen molar-refractivity contribution in [3.8, 4) is 0 Å². The van der Waals surface area contributed by atoms with Crippen molar-refractivity contribution in [1.82, 2.24) is 9.47 Å². The van der Waals surface area contributed by atoms with E-state index in [1.807, 2.05) is 49.0 Å². The fourth-order valence-corrected chi connectivity index (χ4v) is 3.41. The van der Waals surface area contributed by atoms with Gasteiger partial charge in [0, 0.05) is 31.7 Å². The molecule has 1 aliphatic heterocycles. The maximum atomic E-state index is 12.4. The summed E-state index contributed by atoms with van der Waals surface area (Å²) < 4.78 is 1.81. The molecule has 0 bridgehead atoms. The van der Waals surface area contributed by atoms with Gasteiger partial charge in [-0.3, -0.25) is 9.59 Å². The van der Waals surface area contributed by atoms with Crippen LogP contribution in [0.3, 0.4) is 0 Å². The number of hydrogen-bond donors (Lipinski definition) is 0. The number of thiazole rings is 1. The molecule has 118 valence electrons. The zero-order valence-electron chi connectivity index (χ0n) is 13.0. The molecule has 0 spiro atoms. The van der Waals surface area contributed by atoms with Gasteiger partial charge in [-0.05, 0) is 17.2 Å². The van der Waals surface area contributed by atoms with Crippen LogP contribution < -0.4 is 4.80 Å². The molecule has 1 atom stereocenters. The van der Waals surface area contributed by atoms with Gasteiger partial charge < -0.3 is 9.47 Å². The molecule has 0 N–H and O–H groups in total. The van der Waals surface area contributed by atoms with Gasteiger partial charge in [-0.2, -0.15) is 4.99 Å². The lowest BCUT2D eigenvalue weighted by atomic mass is 9.93. The van der Waals surface area contributed by atoms with E-state index in [9.17, 15) is 9.59 Å². The van der Waals surface area contributed by atoms with E-state index >= 15 is 0 Å². The predicted molar refractivity (Wildman–Crippen MR) is 89.2 cm³/mol. The van der Waals surface area contributed by atoms with E-state index in [-0.39, 0.29) is 24.3 Å². The molecule has 0 fully saturated rings.